The highest BCUT2D eigenvalue weighted by Gasteiger charge is 2.15. The van der Waals surface area contributed by atoms with Crippen LogP contribution in [0.2, 0.25) is 0 Å². The fourth-order valence-corrected chi connectivity index (χ4v) is 1.57. The van der Waals surface area contributed by atoms with Crippen molar-refractivity contribution in [1.82, 2.24) is 10.3 Å². The van der Waals surface area contributed by atoms with Crippen LogP contribution in [0.4, 0.5) is 18.9 Å². The molecule has 8 heteroatoms. The number of carbonyl (C=O) groups is 2. The monoisotopic (exact) mass is 309 g/mol. The molecule has 0 aliphatic rings. The zero-order valence-corrected chi connectivity index (χ0v) is 11.1. The summed E-state index contributed by atoms with van der Waals surface area (Å²) in [5.74, 6) is -5.95. The van der Waals surface area contributed by atoms with E-state index in [1.807, 2.05) is 5.32 Å². The Balaban J connectivity index is 1.94. The van der Waals surface area contributed by atoms with Crippen molar-refractivity contribution in [2.45, 2.75) is 0 Å². The Kier molecular flexibility index (Phi) is 4.72. The molecule has 0 spiro atoms. The number of nitrogens with zero attached hydrogens (tertiary/aromatic N) is 1. The van der Waals surface area contributed by atoms with Crippen molar-refractivity contribution in [2.24, 2.45) is 0 Å². The Hall–Kier alpha value is -2.90. The molecule has 1 heterocycles. The highest BCUT2D eigenvalue weighted by Crippen LogP contribution is 2.19. The number of halogens is 3. The number of carbonyl (C=O) groups excluding carboxylic acids is 2. The van der Waals surface area contributed by atoms with E-state index in [1.54, 1.807) is 12.1 Å². The first kappa shape index (κ1) is 15.5. The van der Waals surface area contributed by atoms with Crippen LogP contribution in [-0.2, 0) is 4.79 Å². The highest BCUT2D eigenvalue weighted by molar-refractivity contribution is 5.98. The van der Waals surface area contributed by atoms with Gasteiger partial charge in [0.05, 0.1) is 12.2 Å². The average molecular weight is 309 g/mol. The van der Waals surface area contributed by atoms with Gasteiger partial charge in [0, 0.05) is 6.20 Å². The number of hydrogen-bond acceptors (Lipinski definition) is 3. The Morgan fingerprint density at radius 2 is 1.82 bits per heavy atom. The van der Waals surface area contributed by atoms with Crippen LogP contribution < -0.4 is 10.6 Å². The summed E-state index contributed by atoms with van der Waals surface area (Å²) < 4.78 is 39.1. The first-order valence-corrected chi connectivity index (χ1v) is 6.11. The van der Waals surface area contributed by atoms with Crippen molar-refractivity contribution in [2.75, 3.05) is 11.9 Å². The van der Waals surface area contributed by atoms with Gasteiger partial charge in [-0.25, -0.2) is 13.2 Å². The maximum Gasteiger partial charge on any atom is 0.270 e. The minimum absolute atomic E-state index is 0.106. The van der Waals surface area contributed by atoms with Crippen LogP contribution in [0.25, 0.3) is 0 Å². The van der Waals surface area contributed by atoms with E-state index in [4.69, 9.17) is 0 Å². The van der Waals surface area contributed by atoms with Gasteiger partial charge in [-0.15, -0.1) is 0 Å². The molecule has 0 radical (unpaired) electrons. The van der Waals surface area contributed by atoms with E-state index in [0.29, 0.717) is 6.07 Å². The number of hydrogen-bond donors (Lipinski definition) is 2. The van der Waals surface area contributed by atoms with Crippen molar-refractivity contribution in [1.29, 1.82) is 0 Å². The molecule has 0 aliphatic carbocycles. The molecule has 114 valence electrons. The van der Waals surface area contributed by atoms with E-state index in [-0.39, 0.29) is 5.69 Å². The SMILES string of the molecule is O=C(CNC(=O)c1ccccn1)Nc1ccc(F)c(F)c1F. The molecule has 0 saturated carbocycles. The molecule has 0 bridgehead atoms. The van der Waals surface area contributed by atoms with Crippen molar-refractivity contribution >= 4 is 17.5 Å². The molecule has 2 N–H and O–H groups in total. The Labute approximate surface area is 123 Å². The molecule has 0 unspecified atom stereocenters. The second-order valence-corrected chi connectivity index (χ2v) is 4.17. The van der Waals surface area contributed by atoms with Crippen molar-refractivity contribution in [3.8, 4) is 0 Å². The maximum absolute atomic E-state index is 13.4. The molecule has 0 atom stereocenters. The summed E-state index contributed by atoms with van der Waals surface area (Å²) in [6, 6.07) is 6.23. The highest BCUT2D eigenvalue weighted by atomic mass is 19.2. The third kappa shape index (κ3) is 3.60. The number of benzene rings is 1. The quantitative estimate of drug-likeness (QED) is 0.847. The third-order valence-corrected chi connectivity index (χ3v) is 2.62. The minimum atomic E-state index is -1.68. The van der Waals surface area contributed by atoms with Gasteiger partial charge in [0.1, 0.15) is 5.69 Å². The van der Waals surface area contributed by atoms with E-state index in [9.17, 15) is 22.8 Å². The second-order valence-electron chi connectivity index (χ2n) is 4.17. The number of rotatable bonds is 4. The van der Waals surface area contributed by atoms with E-state index in [2.05, 4.69) is 10.3 Å². The fraction of sp³-hybridized carbons (Fsp3) is 0.0714. The average Bonchev–Trinajstić information content (AvgIpc) is 2.54. The van der Waals surface area contributed by atoms with Gasteiger partial charge >= 0.3 is 0 Å². The molecular weight excluding hydrogens is 299 g/mol. The molecule has 1 aromatic heterocycles. The molecule has 2 amide bonds. The summed E-state index contributed by atoms with van der Waals surface area (Å²) in [7, 11) is 0. The largest absolute Gasteiger partial charge is 0.342 e. The van der Waals surface area contributed by atoms with E-state index >= 15 is 0 Å². The molecular formula is C14H10F3N3O2. The van der Waals surface area contributed by atoms with Gasteiger partial charge in [-0.1, -0.05) is 6.07 Å². The lowest BCUT2D eigenvalue weighted by Crippen LogP contribution is -2.33. The summed E-state index contributed by atoms with van der Waals surface area (Å²) in [6.45, 7) is -0.478. The van der Waals surface area contributed by atoms with E-state index < -0.39 is 41.5 Å². The zero-order chi connectivity index (χ0) is 16.1. The summed E-state index contributed by atoms with van der Waals surface area (Å²) in [5.41, 5.74) is -0.412. The predicted octanol–water partition coefficient (Wildman–Crippen LogP) is 1.87. The van der Waals surface area contributed by atoms with Gasteiger partial charge in [0.25, 0.3) is 5.91 Å². The third-order valence-electron chi connectivity index (χ3n) is 2.62. The summed E-state index contributed by atoms with van der Waals surface area (Å²) >= 11 is 0. The van der Waals surface area contributed by atoms with Gasteiger partial charge in [-0.05, 0) is 24.3 Å². The normalized spacial score (nSPS) is 10.1. The van der Waals surface area contributed by atoms with Gasteiger partial charge in [0.15, 0.2) is 17.5 Å². The number of pyridine rings is 1. The van der Waals surface area contributed by atoms with Crippen LogP contribution in [0.1, 0.15) is 10.5 Å². The molecule has 22 heavy (non-hydrogen) atoms. The summed E-state index contributed by atoms with van der Waals surface area (Å²) in [4.78, 5) is 27.0. The van der Waals surface area contributed by atoms with Gasteiger partial charge in [-0.3, -0.25) is 14.6 Å². The second kappa shape index (κ2) is 6.70. The van der Waals surface area contributed by atoms with E-state index in [1.165, 1.54) is 12.3 Å². The van der Waals surface area contributed by atoms with Crippen LogP contribution in [0, 0.1) is 17.5 Å². The molecule has 0 fully saturated rings. The number of nitrogens with one attached hydrogen (secondary N) is 2. The van der Waals surface area contributed by atoms with Crippen LogP contribution >= 0.6 is 0 Å². The zero-order valence-electron chi connectivity index (χ0n) is 11.1. The molecule has 2 rings (SSSR count). The van der Waals surface area contributed by atoms with Crippen molar-refractivity contribution < 1.29 is 22.8 Å². The number of anilines is 1. The minimum Gasteiger partial charge on any atom is -0.342 e. The van der Waals surface area contributed by atoms with Gasteiger partial charge < -0.3 is 10.6 Å². The molecule has 2 aromatic rings. The molecule has 0 saturated heterocycles. The summed E-state index contributed by atoms with van der Waals surface area (Å²) in [6.07, 6.45) is 1.41. The molecule has 1 aromatic carbocycles. The van der Waals surface area contributed by atoms with Crippen molar-refractivity contribution in [3.63, 3.8) is 0 Å². The lowest BCUT2D eigenvalue weighted by Gasteiger charge is -2.08. The van der Waals surface area contributed by atoms with Crippen molar-refractivity contribution in [3.05, 3.63) is 59.7 Å². The van der Waals surface area contributed by atoms with Crippen LogP contribution in [0.5, 0.6) is 0 Å². The maximum atomic E-state index is 13.4. The van der Waals surface area contributed by atoms with Crippen LogP contribution in [0.15, 0.2) is 36.5 Å². The Morgan fingerprint density at radius 1 is 1.05 bits per heavy atom. The van der Waals surface area contributed by atoms with Crippen LogP contribution in [-0.4, -0.2) is 23.3 Å². The van der Waals surface area contributed by atoms with E-state index in [0.717, 1.165) is 6.07 Å². The van der Waals surface area contributed by atoms with Gasteiger partial charge in [0.2, 0.25) is 5.91 Å². The Morgan fingerprint density at radius 3 is 2.50 bits per heavy atom. The Bertz CT molecular complexity index is 708. The lowest BCUT2D eigenvalue weighted by molar-refractivity contribution is -0.115. The lowest BCUT2D eigenvalue weighted by atomic mass is 10.2. The summed E-state index contributed by atoms with van der Waals surface area (Å²) in [5, 5.41) is 4.29. The van der Waals surface area contributed by atoms with Gasteiger partial charge in [-0.2, -0.15) is 0 Å². The first-order valence-electron chi connectivity index (χ1n) is 6.11. The molecule has 5 nitrogen and oxygen atoms in total. The number of amides is 2. The number of aromatic nitrogens is 1. The first-order chi connectivity index (χ1) is 10.5. The predicted molar refractivity (Wildman–Crippen MR) is 71.5 cm³/mol. The fourth-order valence-electron chi connectivity index (χ4n) is 1.57. The smallest absolute Gasteiger partial charge is 0.270 e. The molecule has 0 aliphatic heterocycles. The standard InChI is InChI=1S/C14H10F3N3O2/c15-8-4-5-9(13(17)12(8)16)20-11(21)7-19-14(22)10-3-1-2-6-18-10/h1-6H,7H2,(H,19,22)(H,20,21). The van der Waals surface area contributed by atoms with Crippen LogP contribution in [0.3, 0.4) is 0 Å². The topological polar surface area (TPSA) is 71.1 Å².